The van der Waals surface area contributed by atoms with Crippen molar-refractivity contribution in [2.24, 2.45) is 13.0 Å². The average molecular weight is 480 g/mol. The molecule has 1 unspecified atom stereocenters. The lowest BCUT2D eigenvalue weighted by Crippen LogP contribution is -2.35. The molecule has 2 fully saturated rings. The molecule has 0 radical (unpaired) electrons. The van der Waals surface area contributed by atoms with Crippen molar-refractivity contribution >= 4 is 16.9 Å². The Bertz CT molecular complexity index is 1620. The first kappa shape index (κ1) is 21.0. The van der Waals surface area contributed by atoms with Gasteiger partial charge in [0.1, 0.15) is 12.9 Å². The minimum absolute atomic E-state index is 0.173. The van der Waals surface area contributed by atoms with Crippen molar-refractivity contribution in [1.82, 2.24) is 29.2 Å². The number of benzene rings is 2. The predicted octanol–water partition coefficient (Wildman–Crippen LogP) is 3.61. The summed E-state index contributed by atoms with van der Waals surface area (Å²) in [7, 11) is 1.78. The van der Waals surface area contributed by atoms with Gasteiger partial charge in [-0.15, -0.1) is 0 Å². The van der Waals surface area contributed by atoms with Crippen molar-refractivity contribution in [2.45, 2.75) is 31.3 Å². The minimum atomic E-state index is -0.173. The maximum absolute atomic E-state index is 12.8. The molecule has 4 heterocycles. The fourth-order valence-electron chi connectivity index (χ4n) is 5.89. The molecule has 36 heavy (non-hydrogen) atoms. The van der Waals surface area contributed by atoms with Gasteiger partial charge in [-0.3, -0.25) is 9.36 Å². The van der Waals surface area contributed by atoms with Gasteiger partial charge in [-0.1, -0.05) is 47.6 Å². The molecule has 0 spiro atoms. The lowest BCUT2D eigenvalue weighted by atomic mass is 9.93. The summed E-state index contributed by atoms with van der Waals surface area (Å²) >= 11 is 0. The molecule has 1 saturated carbocycles. The Hall–Kier alpha value is -4.27. The van der Waals surface area contributed by atoms with Crippen LogP contribution in [0.1, 0.15) is 30.5 Å². The van der Waals surface area contributed by atoms with Gasteiger partial charge in [-0.25, -0.2) is 9.97 Å². The fraction of sp³-hybridized carbons (Fsp3) is 0.296. The quantitative estimate of drug-likeness (QED) is 0.380. The summed E-state index contributed by atoms with van der Waals surface area (Å²) in [4.78, 5) is 28.5. The summed E-state index contributed by atoms with van der Waals surface area (Å²) in [6.45, 7) is 1.18. The number of hydrogen-bond donors (Lipinski definition) is 0. The standard InChI is InChI=1S/C27H25N7O2/c1-32-15-28-26-24(32)27(35)33(16-29-26)14-23-30-25(31-36-23)22-12-21-11-19(22)13-34(21)20-9-5-8-18(10-20)17-6-3-2-4-7-17/h2-10,15-16,19,21-22H,11-14H2,1H3/t19-,21?,22+/m1/s1. The number of nitrogens with zero attached hydrogens (tertiary/aromatic N) is 7. The lowest BCUT2D eigenvalue weighted by molar-refractivity contribution is 0.353. The number of aromatic nitrogens is 6. The number of hydrogen-bond acceptors (Lipinski definition) is 7. The molecule has 9 nitrogen and oxygen atoms in total. The molecule has 1 aliphatic carbocycles. The normalized spacial score (nSPS) is 21.0. The maximum Gasteiger partial charge on any atom is 0.280 e. The van der Waals surface area contributed by atoms with E-state index >= 15 is 0 Å². The van der Waals surface area contributed by atoms with E-state index in [-0.39, 0.29) is 18.0 Å². The van der Waals surface area contributed by atoms with Gasteiger partial charge in [0, 0.05) is 31.2 Å². The van der Waals surface area contributed by atoms with E-state index in [1.165, 1.54) is 27.7 Å². The van der Waals surface area contributed by atoms with Crippen LogP contribution in [-0.4, -0.2) is 41.8 Å². The van der Waals surface area contributed by atoms with E-state index in [2.05, 4.69) is 73.5 Å². The number of rotatable bonds is 5. The van der Waals surface area contributed by atoms with Gasteiger partial charge in [0.2, 0.25) is 5.89 Å². The first-order valence-corrected chi connectivity index (χ1v) is 12.2. The third kappa shape index (κ3) is 3.42. The second-order valence-electron chi connectivity index (χ2n) is 9.81. The van der Waals surface area contributed by atoms with Gasteiger partial charge in [-0.05, 0) is 42.0 Å². The Labute approximate surface area is 207 Å². The third-order valence-corrected chi connectivity index (χ3v) is 7.65. The Balaban J connectivity index is 1.07. The average Bonchev–Trinajstić information content (AvgIpc) is 3.71. The Morgan fingerprint density at radius 3 is 2.67 bits per heavy atom. The highest BCUT2D eigenvalue weighted by atomic mass is 16.5. The molecule has 3 atom stereocenters. The maximum atomic E-state index is 12.8. The van der Waals surface area contributed by atoms with Gasteiger partial charge in [-0.2, -0.15) is 4.98 Å². The highest BCUT2D eigenvalue weighted by Gasteiger charge is 2.47. The largest absolute Gasteiger partial charge is 0.368 e. The fourth-order valence-corrected chi connectivity index (χ4v) is 5.89. The summed E-state index contributed by atoms with van der Waals surface area (Å²) in [5, 5.41) is 4.31. The summed E-state index contributed by atoms with van der Waals surface area (Å²) < 4.78 is 8.73. The van der Waals surface area contributed by atoms with Crippen LogP contribution in [-0.2, 0) is 13.6 Å². The molecule has 1 aliphatic heterocycles. The highest BCUT2D eigenvalue weighted by Crippen LogP contribution is 2.48. The first-order chi connectivity index (χ1) is 17.6. The molecular formula is C27H25N7O2. The molecule has 5 aromatic rings. The number of aryl methyl sites for hydroxylation is 1. The van der Waals surface area contributed by atoms with Gasteiger partial charge in [0.15, 0.2) is 17.0 Å². The van der Waals surface area contributed by atoms with Crippen molar-refractivity contribution in [3.05, 3.63) is 89.3 Å². The monoisotopic (exact) mass is 479 g/mol. The minimum Gasteiger partial charge on any atom is -0.368 e. The van der Waals surface area contributed by atoms with Crippen LogP contribution in [0, 0.1) is 5.92 Å². The number of piperidine rings is 1. The third-order valence-electron chi connectivity index (χ3n) is 7.65. The summed E-state index contributed by atoms with van der Waals surface area (Å²) in [5.74, 6) is 1.93. The Morgan fingerprint density at radius 1 is 1.00 bits per heavy atom. The Kier molecular flexibility index (Phi) is 4.77. The zero-order valence-electron chi connectivity index (χ0n) is 19.9. The zero-order chi connectivity index (χ0) is 24.2. The van der Waals surface area contributed by atoms with E-state index in [1.807, 2.05) is 6.07 Å². The first-order valence-electron chi connectivity index (χ1n) is 12.2. The van der Waals surface area contributed by atoms with Gasteiger partial charge in [0.05, 0.1) is 6.33 Å². The molecule has 7 rings (SSSR count). The van der Waals surface area contributed by atoms with Crippen molar-refractivity contribution in [3.8, 4) is 11.1 Å². The summed E-state index contributed by atoms with van der Waals surface area (Å²) in [6, 6.07) is 19.8. The van der Waals surface area contributed by atoms with E-state index in [4.69, 9.17) is 4.52 Å². The number of imidazole rings is 1. The molecule has 2 aromatic carbocycles. The van der Waals surface area contributed by atoms with Crippen molar-refractivity contribution in [3.63, 3.8) is 0 Å². The van der Waals surface area contributed by atoms with Crippen LogP contribution in [0.25, 0.3) is 22.3 Å². The van der Waals surface area contributed by atoms with Gasteiger partial charge >= 0.3 is 0 Å². The van der Waals surface area contributed by atoms with Crippen molar-refractivity contribution < 1.29 is 4.52 Å². The second-order valence-corrected chi connectivity index (χ2v) is 9.81. The zero-order valence-corrected chi connectivity index (χ0v) is 19.9. The van der Waals surface area contributed by atoms with Crippen molar-refractivity contribution in [2.75, 3.05) is 11.4 Å². The Morgan fingerprint density at radius 2 is 1.83 bits per heavy atom. The molecule has 180 valence electrons. The summed E-state index contributed by atoms with van der Waals surface area (Å²) in [6.07, 6.45) is 5.21. The van der Waals surface area contributed by atoms with Crippen molar-refractivity contribution in [1.29, 1.82) is 0 Å². The molecule has 0 N–H and O–H groups in total. The molecule has 9 heteroatoms. The molecule has 0 amide bonds. The second kappa shape index (κ2) is 8.15. The van der Waals surface area contributed by atoms with Crippen LogP contribution in [0.5, 0.6) is 0 Å². The van der Waals surface area contributed by atoms with Crippen LogP contribution in [0.3, 0.4) is 0 Å². The number of fused-ring (bicyclic) bond motifs is 3. The smallest absolute Gasteiger partial charge is 0.280 e. The van der Waals surface area contributed by atoms with Crippen LogP contribution < -0.4 is 10.5 Å². The highest BCUT2D eigenvalue weighted by molar-refractivity contribution is 5.69. The number of anilines is 1. The van der Waals surface area contributed by atoms with Crippen LogP contribution in [0.4, 0.5) is 5.69 Å². The van der Waals surface area contributed by atoms with Crippen LogP contribution in [0.15, 0.2) is 76.6 Å². The van der Waals surface area contributed by atoms with Crippen LogP contribution in [0.2, 0.25) is 0 Å². The van der Waals surface area contributed by atoms with E-state index in [0.29, 0.717) is 29.0 Å². The topological polar surface area (TPSA) is 94.9 Å². The predicted molar refractivity (Wildman–Crippen MR) is 135 cm³/mol. The van der Waals surface area contributed by atoms with Gasteiger partial charge < -0.3 is 14.0 Å². The molecular weight excluding hydrogens is 454 g/mol. The van der Waals surface area contributed by atoms with E-state index in [1.54, 1.807) is 17.9 Å². The van der Waals surface area contributed by atoms with Gasteiger partial charge in [0.25, 0.3) is 5.56 Å². The van der Waals surface area contributed by atoms with Crippen LogP contribution >= 0.6 is 0 Å². The molecule has 2 aliphatic rings. The SMILES string of the molecule is Cn1cnc2ncn(Cc3nc([C@H]4CC5C[C@@H]4CN5c4cccc(-c5ccccc5)c4)no3)c(=O)c21. The van der Waals surface area contributed by atoms with E-state index < -0.39 is 0 Å². The molecule has 3 aromatic heterocycles. The lowest BCUT2D eigenvalue weighted by Gasteiger charge is -2.32. The van der Waals surface area contributed by atoms with E-state index in [0.717, 1.165) is 25.2 Å². The van der Waals surface area contributed by atoms with E-state index in [9.17, 15) is 4.79 Å². The summed E-state index contributed by atoms with van der Waals surface area (Å²) in [5.41, 5.74) is 4.47. The molecule has 2 bridgehead atoms. The molecule has 1 saturated heterocycles.